The predicted molar refractivity (Wildman–Crippen MR) is 90.4 cm³/mol. The molecule has 6 nitrogen and oxygen atoms in total. The van der Waals surface area contributed by atoms with Crippen LogP contribution in [0.15, 0.2) is 53.3 Å². The van der Waals surface area contributed by atoms with Crippen molar-refractivity contribution in [2.45, 2.75) is 13.1 Å². The Kier molecular flexibility index (Phi) is 3.65. The van der Waals surface area contributed by atoms with Crippen LogP contribution in [0.2, 0.25) is 5.02 Å². The number of hydrogen-bond acceptors (Lipinski definition) is 3. The Hall–Kier alpha value is -2.93. The van der Waals surface area contributed by atoms with Gasteiger partial charge in [0, 0.05) is 10.7 Å². The fourth-order valence-electron chi connectivity index (χ4n) is 2.79. The van der Waals surface area contributed by atoms with Gasteiger partial charge in [-0.1, -0.05) is 29.8 Å². The van der Waals surface area contributed by atoms with Crippen molar-refractivity contribution in [1.82, 2.24) is 14.3 Å². The number of rotatable bonds is 3. The van der Waals surface area contributed by atoms with E-state index in [0.717, 1.165) is 10.1 Å². The lowest BCUT2D eigenvalue weighted by molar-refractivity contribution is 0.250. The molecule has 126 valence electrons. The smallest absolute Gasteiger partial charge is 0.286 e. The number of benzene rings is 2. The van der Waals surface area contributed by atoms with Gasteiger partial charge in [0.15, 0.2) is 5.82 Å². The van der Waals surface area contributed by atoms with Crippen LogP contribution >= 0.6 is 11.6 Å². The number of fused-ring (bicyclic) bond motifs is 1. The third-order valence-corrected chi connectivity index (χ3v) is 4.25. The monoisotopic (exact) mass is 358 g/mol. The van der Waals surface area contributed by atoms with Crippen molar-refractivity contribution in [2.24, 2.45) is 0 Å². The van der Waals surface area contributed by atoms with Crippen LogP contribution < -0.4 is 10.6 Å². The molecule has 1 aliphatic rings. The van der Waals surface area contributed by atoms with Gasteiger partial charge in [-0.05, 0) is 35.9 Å². The minimum atomic E-state index is -0.534. The second kappa shape index (κ2) is 5.86. The number of anilines is 1. The fourth-order valence-corrected chi connectivity index (χ4v) is 2.91. The van der Waals surface area contributed by atoms with E-state index in [2.05, 4.69) is 5.10 Å². The molecule has 0 aliphatic carbocycles. The Morgan fingerprint density at radius 2 is 1.88 bits per heavy atom. The lowest BCUT2D eigenvalue weighted by Crippen LogP contribution is -2.35. The number of amides is 1. The molecule has 1 aliphatic heterocycles. The van der Waals surface area contributed by atoms with E-state index in [1.165, 1.54) is 27.8 Å². The van der Waals surface area contributed by atoms with E-state index in [-0.39, 0.29) is 13.1 Å². The SMILES string of the molecule is O=C1N(c2cccc(F)c2)Cc2nn(Cc3ccc(Cl)cc3)c(=O)n21. The largest absolute Gasteiger partial charge is 0.354 e. The summed E-state index contributed by atoms with van der Waals surface area (Å²) in [5.74, 6) is -0.122. The van der Waals surface area contributed by atoms with Gasteiger partial charge in [0.05, 0.1) is 13.1 Å². The fraction of sp³-hybridized carbons (Fsp3) is 0.118. The molecule has 1 aromatic heterocycles. The molecule has 0 bridgehead atoms. The molecule has 0 atom stereocenters. The molecular formula is C17H12ClFN4O2. The maximum absolute atomic E-state index is 13.4. The van der Waals surface area contributed by atoms with E-state index in [1.54, 1.807) is 30.3 Å². The zero-order chi connectivity index (χ0) is 17.6. The van der Waals surface area contributed by atoms with Crippen molar-refractivity contribution in [2.75, 3.05) is 4.90 Å². The van der Waals surface area contributed by atoms with Gasteiger partial charge in [-0.3, -0.25) is 4.90 Å². The Morgan fingerprint density at radius 3 is 2.56 bits per heavy atom. The van der Waals surface area contributed by atoms with Gasteiger partial charge in [-0.15, -0.1) is 0 Å². The second-order valence-corrected chi connectivity index (χ2v) is 6.10. The number of carbonyl (C=O) groups excluding carboxylic acids is 1. The quantitative estimate of drug-likeness (QED) is 0.723. The normalized spacial score (nSPS) is 13.4. The highest BCUT2D eigenvalue weighted by atomic mass is 35.5. The highest BCUT2D eigenvalue weighted by Crippen LogP contribution is 2.23. The zero-order valence-electron chi connectivity index (χ0n) is 12.9. The van der Waals surface area contributed by atoms with Crippen LogP contribution in [0.1, 0.15) is 11.4 Å². The topological polar surface area (TPSA) is 60.1 Å². The van der Waals surface area contributed by atoms with E-state index in [4.69, 9.17) is 11.6 Å². The number of aromatic nitrogens is 3. The third-order valence-electron chi connectivity index (χ3n) is 3.99. The number of nitrogens with zero attached hydrogens (tertiary/aromatic N) is 4. The van der Waals surface area contributed by atoms with Crippen molar-refractivity contribution in [3.8, 4) is 0 Å². The Bertz CT molecular complexity index is 1030. The van der Waals surface area contributed by atoms with Crippen LogP contribution in [0.3, 0.4) is 0 Å². The summed E-state index contributed by atoms with van der Waals surface area (Å²) in [4.78, 5) is 26.4. The van der Waals surface area contributed by atoms with Crippen LogP contribution in [0.5, 0.6) is 0 Å². The molecule has 3 aromatic rings. The molecule has 0 unspecified atom stereocenters. The summed E-state index contributed by atoms with van der Waals surface area (Å²) in [6.07, 6.45) is 0. The first-order valence-corrected chi connectivity index (χ1v) is 7.91. The van der Waals surface area contributed by atoms with Gasteiger partial charge in [-0.2, -0.15) is 9.67 Å². The summed E-state index contributed by atoms with van der Waals surface area (Å²) in [6.45, 7) is 0.356. The molecular weight excluding hydrogens is 347 g/mol. The predicted octanol–water partition coefficient (Wildman–Crippen LogP) is 2.87. The maximum atomic E-state index is 13.4. The van der Waals surface area contributed by atoms with Crippen molar-refractivity contribution >= 4 is 23.3 Å². The molecule has 0 spiro atoms. The maximum Gasteiger partial charge on any atom is 0.354 e. The summed E-state index contributed by atoms with van der Waals surface area (Å²) >= 11 is 5.85. The van der Waals surface area contributed by atoms with Crippen LogP contribution in [0.25, 0.3) is 0 Å². The molecule has 2 heterocycles. The Morgan fingerprint density at radius 1 is 1.12 bits per heavy atom. The van der Waals surface area contributed by atoms with E-state index in [0.29, 0.717) is 16.5 Å². The molecule has 8 heteroatoms. The van der Waals surface area contributed by atoms with E-state index in [1.807, 2.05) is 0 Å². The highest BCUT2D eigenvalue weighted by Gasteiger charge is 2.33. The van der Waals surface area contributed by atoms with Crippen LogP contribution in [-0.4, -0.2) is 20.4 Å². The lowest BCUT2D eigenvalue weighted by Gasteiger charge is -2.14. The standard InChI is InChI=1S/C17H12ClFN4O2/c18-12-6-4-11(5-7-12)9-22-17(25)23-15(20-22)10-21(16(23)24)14-3-1-2-13(19)8-14/h1-8H,9-10H2. The highest BCUT2D eigenvalue weighted by molar-refractivity contribution is 6.30. The molecule has 25 heavy (non-hydrogen) atoms. The average Bonchev–Trinajstić information content (AvgIpc) is 3.07. The molecule has 2 aromatic carbocycles. The summed E-state index contributed by atoms with van der Waals surface area (Å²) < 4.78 is 15.6. The van der Waals surface area contributed by atoms with Crippen molar-refractivity contribution in [3.63, 3.8) is 0 Å². The van der Waals surface area contributed by atoms with Gasteiger partial charge >= 0.3 is 11.7 Å². The summed E-state index contributed by atoms with van der Waals surface area (Å²) in [7, 11) is 0. The number of halogens is 2. The first kappa shape index (κ1) is 15.6. The molecule has 4 rings (SSSR count). The second-order valence-electron chi connectivity index (χ2n) is 5.67. The molecule has 1 amide bonds. The van der Waals surface area contributed by atoms with Gasteiger partial charge in [0.25, 0.3) is 0 Å². The van der Waals surface area contributed by atoms with Gasteiger partial charge in [0.2, 0.25) is 0 Å². The molecule has 0 fully saturated rings. The average molecular weight is 359 g/mol. The molecule has 0 saturated carbocycles. The Balaban J connectivity index is 1.64. The Labute approximate surface area is 146 Å². The van der Waals surface area contributed by atoms with Crippen molar-refractivity contribution in [1.29, 1.82) is 0 Å². The van der Waals surface area contributed by atoms with Crippen LogP contribution in [0, 0.1) is 5.82 Å². The first-order chi connectivity index (χ1) is 12.0. The summed E-state index contributed by atoms with van der Waals surface area (Å²) in [5, 5.41) is 4.84. The first-order valence-electron chi connectivity index (χ1n) is 7.53. The van der Waals surface area contributed by atoms with E-state index < -0.39 is 17.5 Å². The van der Waals surface area contributed by atoms with Gasteiger partial charge < -0.3 is 0 Å². The van der Waals surface area contributed by atoms with Crippen molar-refractivity contribution in [3.05, 3.63) is 81.2 Å². The number of carbonyl (C=O) groups is 1. The molecule has 0 radical (unpaired) electrons. The van der Waals surface area contributed by atoms with Crippen LogP contribution in [0.4, 0.5) is 14.9 Å². The third kappa shape index (κ3) is 2.72. The van der Waals surface area contributed by atoms with E-state index >= 15 is 0 Å². The minimum absolute atomic E-state index is 0.116. The van der Waals surface area contributed by atoms with Gasteiger partial charge in [-0.25, -0.2) is 18.7 Å². The summed E-state index contributed by atoms with van der Waals surface area (Å²) in [6, 6.07) is 12.2. The molecule has 0 N–H and O–H groups in total. The van der Waals surface area contributed by atoms with Crippen LogP contribution in [-0.2, 0) is 13.1 Å². The lowest BCUT2D eigenvalue weighted by atomic mass is 10.2. The van der Waals surface area contributed by atoms with E-state index in [9.17, 15) is 14.0 Å². The molecule has 0 saturated heterocycles. The zero-order valence-corrected chi connectivity index (χ0v) is 13.7. The van der Waals surface area contributed by atoms with Gasteiger partial charge in [0.1, 0.15) is 5.82 Å². The summed E-state index contributed by atoms with van der Waals surface area (Å²) in [5.41, 5.74) is 0.714. The minimum Gasteiger partial charge on any atom is -0.286 e. The van der Waals surface area contributed by atoms with Crippen molar-refractivity contribution < 1.29 is 9.18 Å². The number of hydrogen-bond donors (Lipinski definition) is 0.